The zero-order chi connectivity index (χ0) is 25.2. The van der Waals surface area contributed by atoms with Crippen molar-refractivity contribution < 1.29 is 18.8 Å². The van der Waals surface area contributed by atoms with Crippen LogP contribution in [0.25, 0.3) is 11.3 Å². The van der Waals surface area contributed by atoms with Gasteiger partial charge in [0, 0.05) is 24.1 Å². The molecule has 2 aliphatic rings. The summed E-state index contributed by atoms with van der Waals surface area (Å²) in [5.74, 6) is 0.304. The van der Waals surface area contributed by atoms with Crippen LogP contribution < -0.4 is 21.1 Å². The molecule has 0 saturated heterocycles. The van der Waals surface area contributed by atoms with Gasteiger partial charge < -0.3 is 25.9 Å². The van der Waals surface area contributed by atoms with Crippen LogP contribution in [-0.2, 0) is 16.1 Å². The number of carbonyl (C=O) groups excluding carboxylic acids is 1. The standard InChI is InChI=1S/C25H26FN7O3/c1-13-23-20(32-25(27)28-13)11-19(31-24(23)33-36-12-21(34)29-15-7-8-15)16-9-6-14(26)10-17(16)18-4-3-5-22(30-18)35-2/h3-6,9-10,15,19H,7-8,11-12H2,1-2H3,(H,29,34)(H,31,33)(H2,27,28,32)/t19-/m1/s1. The number of oxime groups is 1. The van der Waals surface area contributed by atoms with E-state index in [4.69, 9.17) is 15.3 Å². The van der Waals surface area contributed by atoms with Crippen molar-refractivity contribution in [2.75, 3.05) is 19.5 Å². The van der Waals surface area contributed by atoms with Gasteiger partial charge >= 0.3 is 0 Å². The van der Waals surface area contributed by atoms with Crippen LogP contribution in [0.3, 0.4) is 0 Å². The lowest BCUT2D eigenvalue weighted by Gasteiger charge is -2.29. The number of benzene rings is 1. The van der Waals surface area contributed by atoms with Gasteiger partial charge in [-0.15, -0.1) is 0 Å². The van der Waals surface area contributed by atoms with Crippen molar-refractivity contribution in [1.29, 1.82) is 0 Å². The van der Waals surface area contributed by atoms with Crippen molar-refractivity contribution in [3.8, 4) is 17.1 Å². The normalized spacial score (nSPS) is 17.8. The third kappa shape index (κ3) is 5.04. The van der Waals surface area contributed by atoms with Crippen LogP contribution in [0.15, 0.2) is 41.6 Å². The van der Waals surface area contributed by atoms with E-state index in [0.29, 0.717) is 46.3 Å². The number of fused-ring (bicyclic) bond motifs is 1. The van der Waals surface area contributed by atoms with Crippen molar-refractivity contribution in [3.05, 3.63) is 64.7 Å². The summed E-state index contributed by atoms with van der Waals surface area (Å²) in [5, 5.41) is 10.4. The third-order valence-electron chi connectivity index (χ3n) is 6.02. The van der Waals surface area contributed by atoms with Crippen LogP contribution >= 0.6 is 0 Å². The molecule has 10 nitrogen and oxygen atoms in total. The number of nitrogens with zero attached hydrogens (tertiary/aromatic N) is 4. The number of aromatic nitrogens is 3. The molecule has 0 bridgehead atoms. The molecule has 0 radical (unpaired) electrons. The molecule has 1 fully saturated rings. The summed E-state index contributed by atoms with van der Waals surface area (Å²) in [7, 11) is 1.53. The minimum atomic E-state index is -0.393. The Hall–Kier alpha value is -4.28. The number of carbonyl (C=O) groups is 1. The fourth-order valence-electron chi connectivity index (χ4n) is 4.24. The molecular formula is C25H26FN7O3. The Morgan fingerprint density at radius 3 is 2.86 bits per heavy atom. The molecule has 36 heavy (non-hydrogen) atoms. The van der Waals surface area contributed by atoms with Crippen molar-refractivity contribution in [2.45, 2.75) is 38.3 Å². The minimum Gasteiger partial charge on any atom is -0.481 e. The number of rotatable bonds is 7. The van der Waals surface area contributed by atoms with E-state index in [1.807, 2.05) is 0 Å². The monoisotopic (exact) mass is 491 g/mol. The second-order valence-electron chi connectivity index (χ2n) is 8.74. The molecule has 1 amide bonds. The van der Waals surface area contributed by atoms with E-state index >= 15 is 0 Å². The van der Waals surface area contributed by atoms with Crippen molar-refractivity contribution in [2.24, 2.45) is 5.16 Å². The molecule has 0 spiro atoms. The summed E-state index contributed by atoms with van der Waals surface area (Å²) < 4.78 is 19.6. The molecule has 5 rings (SSSR count). The first kappa shape index (κ1) is 23.5. The van der Waals surface area contributed by atoms with Gasteiger partial charge in [0.05, 0.1) is 35.8 Å². The maximum atomic E-state index is 14.3. The van der Waals surface area contributed by atoms with Gasteiger partial charge in [-0.25, -0.2) is 19.3 Å². The van der Waals surface area contributed by atoms with E-state index in [1.165, 1.54) is 19.2 Å². The fraction of sp³-hybridized carbons (Fsp3) is 0.320. The van der Waals surface area contributed by atoms with Gasteiger partial charge in [0.15, 0.2) is 12.4 Å². The van der Waals surface area contributed by atoms with Crippen LogP contribution in [0.1, 0.15) is 41.4 Å². The Balaban J connectivity index is 1.50. The number of amidine groups is 1. The van der Waals surface area contributed by atoms with Crippen molar-refractivity contribution in [3.63, 3.8) is 0 Å². The summed E-state index contributed by atoms with van der Waals surface area (Å²) in [5.41, 5.74) is 9.82. The van der Waals surface area contributed by atoms with Gasteiger partial charge in [-0.3, -0.25) is 4.79 Å². The number of ether oxygens (including phenoxy) is 1. The summed E-state index contributed by atoms with van der Waals surface area (Å²) >= 11 is 0. The van der Waals surface area contributed by atoms with Crippen LogP contribution in [-0.4, -0.2) is 46.5 Å². The van der Waals surface area contributed by atoms with Gasteiger partial charge in [-0.1, -0.05) is 17.3 Å². The SMILES string of the molecule is COc1cccc(-c2cc(F)ccc2[C@H]2Cc3nc(N)nc(C)c3/C(=N/OCC(=O)NC3CC3)N2)n1. The topological polar surface area (TPSA) is 137 Å². The van der Waals surface area contributed by atoms with E-state index in [-0.39, 0.29) is 30.5 Å². The lowest BCUT2D eigenvalue weighted by Crippen LogP contribution is -2.38. The zero-order valence-corrected chi connectivity index (χ0v) is 19.9. The van der Waals surface area contributed by atoms with E-state index in [2.05, 4.69) is 30.7 Å². The lowest BCUT2D eigenvalue weighted by molar-refractivity contribution is -0.125. The molecule has 1 aromatic carbocycles. The number of amides is 1. The van der Waals surface area contributed by atoms with E-state index in [0.717, 1.165) is 18.4 Å². The van der Waals surface area contributed by atoms with Crippen LogP contribution in [0.5, 0.6) is 5.88 Å². The summed E-state index contributed by atoms with van der Waals surface area (Å²) in [6, 6.07) is 9.71. The average Bonchev–Trinajstić information content (AvgIpc) is 3.67. The molecule has 3 aromatic rings. The first-order valence-corrected chi connectivity index (χ1v) is 11.6. The highest BCUT2D eigenvalue weighted by Crippen LogP contribution is 2.34. The molecule has 1 saturated carbocycles. The number of pyridine rings is 1. The van der Waals surface area contributed by atoms with Crippen LogP contribution in [0.2, 0.25) is 0 Å². The molecule has 0 unspecified atom stereocenters. The molecule has 4 N–H and O–H groups in total. The molecule has 1 atom stereocenters. The second kappa shape index (κ2) is 9.76. The predicted molar refractivity (Wildman–Crippen MR) is 131 cm³/mol. The molecule has 3 heterocycles. The Kier molecular flexibility index (Phi) is 6.36. The molecule has 1 aliphatic heterocycles. The first-order valence-electron chi connectivity index (χ1n) is 11.6. The number of anilines is 1. The van der Waals surface area contributed by atoms with E-state index in [1.54, 1.807) is 31.2 Å². The first-order chi connectivity index (χ1) is 17.4. The number of hydrogen-bond acceptors (Lipinski definition) is 8. The Bertz CT molecular complexity index is 1340. The number of hydrogen-bond donors (Lipinski definition) is 3. The van der Waals surface area contributed by atoms with Crippen LogP contribution in [0, 0.1) is 12.7 Å². The van der Waals surface area contributed by atoms with E-state index in [9.17, 15) is 9.18 Å². The molecule has 2 aromatic heterocycles. The Labute approximate surface area is 207 Å². The number of aryl methyl sites for hydroxylation is 1. The summed E-state index contributed by atoms with van der Waals surface area (Å²) in [6.45, 7) is 1.59. The highest BCUT2D eigenvalue weighted by Gasteiger charge is 2.30. The van der Waals surface area contributed by atoms with Gasteiger partial charge in [0.1, 0.15) is 5.82 Å². The Morgan fingerprint density at radius 1 is 1.25 bits per heavy atom. The fourth-order valence-corrected chi connectivity index (χ4v) is 4.24. The van der Waals surface area contributed by atoms with Gasteiger partial charge in [0.25, 0.3) is 5.91 Å². The molecular weight excluding hydrogens is 465 g/mol. The summed E-state index contributed by atoms with van der Waals surface area (Å²) in [6.07, 6.45) is 2.40. The quantitative estimate of drug-likeness (QED) is 0.429. The molecule has 1 aliphatic carbocycles. The highest BCUT2D eigenvalue weighted by molar-refractivity contribution is 6.01. The van der Waals surface area contributed by atoms with Gasteiger partial charge in [-0.2, -0.15) is 0 Å². The van der Waals surface area contributed by atoms with Crippen LogP contribution in [0.4, 0.5) is 10.3 Å². The smallest absolute Gasteiger partial charge is 0.260 e. The highest BCUT2D eigenvalue weighted by atomic mass is 19.1. The van der Waals surface area contributed by atoms with Gasteiger partial charge in [0.2, 0.25) is 11.8 Å². The number of halogens is 1. The molecule has 186 valence electrons. The number of methoxy groups -OCH3 is 1. The number of nitrogens with two attached hydrogens (primary N) is 1. The summed E-state index contributed by atoms with van der Waals surface area (Å²) in [4.78, 5) is 30.6. The predicted octanol–water partition coefficient (Wildman–Crippen LogP) is 2.42. The largest absolute Gasteiger partial charge is 0.481 e. The minimum absolute atomic E-state index is 0.143. The number of nitrogens with one attached hydrogen (secondary N) is 2. The van der Waals surface area contributed by atoms with E-state index < -0.39 is 5.82 Å². The van der Waals surface area contributed by atoms with Gasteiger partial charge in [-0.05, 0) is 43.5 Å². The maximum absolute atomic E-state index is 14.3. The van der Waals surface area contributed by atoms with Crippen molar-refractivity contribution >= 4 is 17.7 Å². The third-order valence-corrected chi connectivity index (χ3v) is 6.02. The number of nitrogen functional groups attached to an aromatic ring is 1. The van der Waals surface area contributed by atoms with Crippen molar-refractivity contribution in [1.82, 2.24) is 25.6 Å². The maximum Gasteiger partial charge on any atom is 0.260 e. The average molecular weight is 492 g/mol. The zero-order valence-electron chi connectivity index (χ0n) is 19.9. The Morgan fingerprint density at radius 2 is 2.08 bits per heavy atom. The lowest BCUT2D eigenvalue weighted by atomic mass is 9.90. The second-order valence-corrected chi connectivity index (χ2v) is 8.74. The molecule has 11 heteroatoms.